The van der Waals surface area contributed by atoms with Crippen LogP contribution in [-0.4, -0.2) is 58.7 Å². The van der Waals surface area contributed by atoms with Crippen molar-refractivity contribution >= 4 is 11.9 Å². The maximum absolute atomic E-state index is 12.3. The first-order valence-corrected chi connectivity index (χ1v) is 9.19. The van der Waals surface area contributed by atoms with Gasteiger partial charge in [-0.1, -0.05) is 30.3 Å². The third-order valence-electron chi connectivity index (χ3n) is 5.83. The first-order chi connectivity index (χ1) is 12.7. The van der Waals surface area contributed by atoms with E-state index in [1.165, 1.54) is 5.56 Å². The number of aliphatic hydroxyl groups excluding tert-OH is 1. The predicted molar refractivity (Wildman–Crippen MR) is 98.8 cm³/mol. The summed E-state index contributed by atoms with van der Waals surface area (Å²) in [6.07, 6.45) is 4.67. The fourth-order valence-electron chi connectivity index (χ4n) is 4.51. The van der Waals surface area contributed by atoms with E-state index < -0.39 is 0 Å². The van der Waals surface area contributed by atoms with Crippen LogP contribution in [-0.2, 0) is 10.2 Å². The van der Waals surface area contributed by atoms with E-state index in [0.29, 0.717) is 5.92 Å². The molecule has 0 aliphatic carbocycles. The van der Waals surface area contributed by atoms with Crippen molar-refractivity contribution in [2.45, 2.75) is 18.3 Å². The number of aromatic nitrogens is 2. The van der Waals surface area contributed by atoms with Crippen LogP contribution >= 0.6 is 0 Å². The summed E-state index contributed by atoms with van der Waals surface area (Å²) in [6, 6.07) is 12.5. The Labute approximate surface area is 153 Å². The van der Waals surface area contributed by atoms with Gasteiger partial charge < -0.3 is 14.9 Å². The number of likely N-dealkylation sites (tertiary alicyclic amines) is 1. The highest BCUT2D eigenvalue weighted by Crippen LogP contribution is 2.45. The summed E-state index contributed by atoms with van der Waals surface area (Å²) in [5.74, 6) is 1.12. The van der Waals surface area contributed by atoms with E-state index >= 15 is 0 Å². The lowest BCUT2D eigenvalue weighted by Gasteiger charge is -2.43. The average Bonchev–Trinajstić information content (AvgIpc) is 3.09. The van der Waals surface area contributed by atoms with E-state index in [1.807, 2.05) is 17.0 Å². The minimum absolute atomic E-state index is 0.0104. The second-order valence-corrected chi connectivity index (χ2v) is 7.21. The molecule has 0 spiro atoms. The van der Waals surface area contributed by atoms with Crippen LogP contribution in [0.5, 0.6) is 0 Å². The second kappa shape index (κ2) is 7.03. The quantitative estimate of drug-likeness (QED) is 0.902. The molecule has 1 aromatic carbocycles. The van der Waals surface area contributed by atoms with Gasteiger partial charge in [-0.2, -0.15) is 0 Å². The Bertz CT molecular complexity index is 755. The van der Waals surface area contributed by atoms with Crippen molar-refractivity contribution in [2.24, 2.45) is 5.92 Å². The van der Waals surface area contributed by atoms with Crippen molar-refractivity contribution in [2.75, 3.05) is 37.7 Å². The summed E-state index contributed by atoms with van der Waals surface area (Å²) in [5.41, 5.74) is 1.34. The zero-order valence-corrected chi connectivity index (χ0v) is 14.8. The molecule has 0 saturated carbocycles. The monoisotopic (exact) mass is 352 g/mol. The summed E-state index contributed by atoms with van der Waals surface area (Å²) in [4.78, 5) is 25.3. The zero-order chi connectivity index (χ0) is 18.0. The van der Waals surface area contributed by atoms with E-state index in [9.17, 15) is 4.79 Å². The first kappa shape index (κ1) is 17.0. The van der Waals surface area contributed by atoms with Gasteiger partial charge in [0.2, 0.25) is 11.9 Å². The van der Waals surface area contributed by atoms with Crippen LogP contribution in [0.2, 0.25) is 0 Å². The Morgan fingerprint density at radius 3 is 2.65 bits per heavy atom. The number of amides is 1. The van der Waals surface area contributed by atoms with Crippen LogP contribution in [0, 0.1) is 5.92 Å². The van der Waals surface area contributed by atoms with Gasteiger partial charge in [-0.3, -0.25) is 4.79 Å². The normalized spacial score (nSPS) is 25.2. The van der Waals surface area contributed by atoms with Gasteiger partial charge in [0.1, 0.15) is 0 Å². The lowest BCUT2D eigenvalue weighted by molar-refractivity contribution is -0.134. The fourth-order valence-corrected chi connectivity index (χ4v) is 4.51. The van der Waals surface area contributed by atoms with Crippen LogP contribution < -0.4 is 4.90 Å². The highest BCUT2D eigenvalue weighted by molar-refractivity contribution is 5.76. The van der Waals surface area contributed by atoms with Crippen molar-refractivity contribution in [1.82, 2.24) is 14.9 Å². The Hall–Kier alpha value is -2.47. The van der Waals surface area contributed by atoms with E-state index in [-0.39, 0.29) is 24.3 Å². The van der Waals surface area contributed by atoms with Gasteiger partial charge >= 0.3 is 0 Å². The number of benzene rings is 1. The van der Waals surface area contributed by atoms with Crippen LogP contribution in [0.25, 0.3) is 0 Å². The molecule has 2 aliphatic heterocycles. The number of rotatable bonds is 4. The number of aliphatic hydroxyl groups is 1. The standard InChI is InChI=1S/C20H24N4O2/c25-12-7-18(26)23-11-8-20(16-5-2-1-3-6-16)15-24(14-17(20)13-23)19-21-9-4-10-22-19/h1-6,9-10,17,25H,7-8,11-15H2/t17-,20-/m0/s1. The molecule has 0 bridgehead atoms. The molecule has 3 heterocycles. The lowest BCUT2D eigenvalue weighted by atomic mass is 9.68. The molecule has 1 aromatic heterocycles. The Balaban J connectivity index is 1.64. The molecule has 2 aliphatic rings. The second-order valence-electron chi connectivity index (χ2n) is 7.21. The van der Waals surface area contributed by atoms with Gasteiger partial charge in [-0.25, -0.2) is 9.97 Å². The molecule has 1 N–H and O–H groups in total. The summed E-state index contributed by atoms with van der Waals surface area (Å²) in [6.45, 7) is 3.06. The number of fused-ring (bicyclic) bond motifs is 1. The zero-order valence-electron chi connectivity index (χ0n) is 14.8. The molecule has 26 heavy (non-hydrogen) atoms. The largest absolute Gasteiger partial charge is 0.396 e. The molecule has 0 radical (unpaired) electrons. The molecule has 4 rings (SSSR count). The number of piperidine rings is 1. The minimum atomic E-state index is -0.0895. The first-order valence-electron chi connectivity index (χ1n) is 9.19. The van der Waals surface area contributed by atoms with Gasteiger partial charge in [0.25, 0.3) is 0 Å². The maximum atomic E-state index is 12.3. The number of hydrogen-bond acceptors (Lipinski definition) is 5. The van der Waals surface area contributed by atoms with Crippen LogP contribution in [0.4, 0.5) is 5.95 Å². The smallest absolute Gasteiger partial charge is 0.225 e. The van der Waals surface area contributed by atoms with Gasteiger partial charge in [0.05, 0.1) is 6.61 Å². The van der Waals surface area contributed by atoms with Crippen LogP contribution in [0.15, 0.2) is 48.8 Å². The molecule has 0 unspecified atom stereocenters. The molecule has 2 atom stereocenters. The number of nitrogens with zero attached hydrogens (tertiary/aromatic N) is 4. The van der Waals surface area contributed by atoms with Crippen LogP contribution in [0.1, 0.15) is 18.4 Å². The number of hydrogen-bond donors (Lipinski definition) is 1. The SMILES string of the molecule is O=C(CCO)N1CC[C@@]2(c3ccccc3)CN(c3ncccn3)C[C@@H]2C1. The summed E-state index contributed by atoms with van der Waals surface area (Å²) < 4.78 is 0. The number of anilines is 1. The van der Waals surface area contributed by atoms with Crippen molar-refractivity contribution in [3.63, 3.8) is 0 Å². The van der Waals surface area contributed by atoms with Gasteiger partial charge in [0, 0.05) is 56.3 Å². The maximum Gasteiger partial charge on any atom is 0.225 e. The summed E-state index contributed by atoms with van der Waals surface area (Å²) in [7, 11) is 0. The van der Waals surface area contributed by atoms with E-state index in [4.69, 9.17) is 5.11 Å². The molecule has 6 heteroatoms. The topological polar surface area (TPSA) is 69.6 Å². The molecular formula is C20H24N4O2. The third-order valence-corrected chi connectivity index (χ3v) is 5.83. The van der Waals surface area contributed by atoms with Gasteiger partial charge in [0.15, 0.2) is 0 Å². The predicted octanol–water partition coefficient (Wildman–Crippen LogP) is 1.47. The summed E-state index contributed by atoms with van der Waals surface area (Å²) in [5, 5.41) is 9.10. The highest BCUT2D eigenvalue weighted by atomic mass is 16.3. The van der Waals surface area contributed by atoms with Crippen LogP contribution in [0.3, 0.4) is 0 Å². The van der Waals surface area contributed by atoms with Gasteiger partial charge in [-0.15, -0.1) is 0 Å². The summed E-state index contributed by atoms with van der Waals surface area (Å²) >= 11 is 0. The fraction of sp³-hybridized carbons (Fsp3) is 0.450. The van der Waals surface area contributed by atoms with Crippen molar-refractivity contribution in [3.8, 4) is 0 Å². The molecule has 2 fully saturated rings. The van der Waals surface area contributed by atoms with Crippen molar-refractivity contribution in [1.29, 1.82) is 0 Å². The highest BCUT2D eigenvalue weighted by Gasteiger charge is 2.51. The van der Waals surface area contributed by atoms with E-state index in [0.717, 1.165) is 38.5 Å². The Morgan fingerprint density at radius 2 is 1.92 bits per heavy atom. The molecular weight excluding hydrogens is 328 g/mol. The molecule has 136 valence electrons. The van der Waals surface area contributed by atoms with Gasteiger partial charge in [-0.05, 0) is 18.1 Å². The number of carbonyl (C=O) groups excluding carboxylic acids is 1. The van der Waals surface area contributed by atoms with Crippen molar-refractivity contribution in [3.05, 3.63) is 54.4 Å². The Morgan fingerprint density at radius 1 is 1.15 bits per heavy atom. The molecule has 6 nitrogen and oxygen atoms in total. The average molecular weight is 352 g/mol. The molecule has 1 amide bonds. The third kappa shape index (κ3) is 2.94. The van der Waals surface area contributed by atoms with E-state index in [2.05, 4.69) is 39.1 Å². The Kier molecular flexibility index (Phi) is 4.59. The van der Waals surface area contributed by atoms with Crippen molar-refractivity contribution < 1.29 is 9.90 Å². The molecule has 2 aromatic rings. The number of carbonyl (C=O) groups is 1. The molecule has 2 saturated heterocycles. The lowest BCUT2D eigenvalue weighted by Crippen LogP contribution is -2.51. The minimum Gasteiger partial charge on any atom is -0.396 e. The van der Waals surface area contributed by atoms with E-state index in [1.54, 1.807) is 12.4 Å².